The van der Waals surface area contributed by atoms with E-state index in [0.29, 0.717) is 6.42 Å². The molecular formula is C9H17NO3. The van der Waals surface area contributed by atoms with Crippen LogP contribution in [0.2, 0.25) is 0 Å². The second-order valence-electron chi connectivity index (χ2n) is 3.34. The standard InChI is InChI=1S/C9H17NO3/c1-5-7(9(12)13)8(11)10(4)6(2)3/h6-7H,5H2,1-4H3,(H,12,13). The van der Waals surface area contributed by atoms with Gasteiger partial charge in [0, 0.05) is 13.1 Å². The largest absolute Gasteiger partial charge is 0.481 e. The van der Waals surface area contributed by atoms with Gasteiger partial charge >= 0.3 is 5.97 Å². The van der Waals surface area contributed by atoms with E-state index in [2.05, 4.69) is 0 Å². The van der Waals surface area contributed by atoms with E-state index in [1.54, 1.807) is 14.0 Å². The Morgan fingerprint density at radius 2 is 1.85 bits per heavy atom. The number of hydrogen-bond acceptors (Lipinski definition) is 2. The summed E-state index contributed by atoms with van der Waals surface area (Å²) in [5.74, 6) is -2.25. The zero-order chi connectivity index (χ0) is 10.6. The van der Waals surface area contributed by atoms with Crippen LogP contribution in [-0.2, 0) is 9.59 Å². The lowest BCUT2D eigenvalue weighted by atomic mass is 10.1. The van der Waals surface area contributed by atoms with E-state index in [0.717, 1.165) is 0 Å². The molecule has 0 aliphatic rings. The van der Waals surface area contributed by atoms with E-state index in [9.17, 15) is 9.59 Å². The average Bonchev–Trinajstić information content (AvgIpc) is 2.03. The van der Waals surface area contributed by atoms with Crippen molar-refractivity contribution in [2.45, 2.75) is 33.2 Å². The summed E-state index contributed by atoms with van der Waals surface area (Å²) in [6, 6.07) is 0.0425. The van der Waals surface area contributed by atoms with E-state index < -0.39 is 11.9 Å². The van der Waals surface area contributed by atoms with Crippen molar-refractivity contribution < 1.29 is 14.7 Å². The van der Waals surface area contributed by atoms with Crippen molar-refractivity contribution in [2.75, 3.05) is 7.05 Å². The second kappa shape index (κ2) is 4.84. The van der Waals surface area contributed by atoms with Crippen LogP contribution in [0.25, 0.3) is 0 Å². The molecule has 4 nitrogen and oxygen atoms in total. The molecule has 0 aliphatic carbocycles. The van der Waals surface area contributed by atoms with Crippen LogP contribution in [-0.4, -0.2) is 35.0 Å². The first-order chi connectivity index (χ1) is 5.91. The summed E-state index contributed by atoms with van der Waals surface area (Å²) in [6.45, 7) is 5.41. The summed E-state index contributed by atoms with van der Waals surface area (Å²) in [5, 5.41) is 8.73. The summed E-state index contributed by atoms with van der Waals surface area (Å²) in [7, 11) is 1.62. The minimum atomic E-state index is -1.04. The van der Waals surface area contributed by atoms with E-state index >= 15 is 0 Å². The van der Waals surface area contributed by atoms with Gasteiger partial charge in [-0.25, -0.2) is 0 Å². The van der Waals surface area contributed by atoms with Gasteiger partial charge in [-0.3, -0.25) is 9.59 Å². The Balaban J connectivity index is 4.46. The maximum Gasteiger partial charge on any atom is 0.316 e. The minimum absolute atomic E-state index is 0.0425. The predicted molar refractivity (Wildman–Crippen MR) is 49.3 cm³/mol. The van der Waals surface area contributed by atoms with Crippen molar-refractivity contribution in [3.8, 4) is 0 Å². The highest BCUT2D eigenvalue weighted by atomic mass is 16.4. The lowest BCUT2D eigenvalue weighted by molar-refractivity contribution is -0.151. The van der Waals surface area contributed by atoms with Crippen LogP contribution in [0.1, 0.15) is 27.2 Å². The molecule has 4 heteroatoms. The minimum Gasteiger partial charge on any atom is -0.481 e. The van der Waals surface area contributed by atoms with Crippen molar-refractivity contribution in [3.63, 3.8) is 0 Å². The molecule has 0 radical (unpaired) electrons. The van der Waals surface area contributed by atoms with Gasteiger partial charge in [-0.05, 0) is 20.3 Å². The molecule has 0 saturated heterocycles. The zero-order valence-electron chi connectivity index (χ0n) is 8.57. The third kappa shape index (κ3) is 3.05. The molecule has 1 amide bonds. The van der Waals surface area contributed by atoms with Gasteiger partial charge in [-0.2, -0.15) is 0 Å². The third-order valence-corrected chi connectivity index (χ3v) is 2.13. The first kappa shape index (κ1) is 11.9. The van der Waals surface area contributed by atoms with Gasteiger partial charge in [0.1, 0.15) is 5.92 Å². The van der Waals surface area contributed by atoms with Gasteiger partial charge < -0.3 is 10.0 Å². The van der Waals surface area contributed by atoms with Crippen molar-refractivity contribution in [1.29, 1.82) is 0 Å². The number of amides is 1. The van der Waals surface area contributed by atoms with Crippen LogP contribution >= 0.6 is 0 Å². The number of hydrogen-bond donors (Lipinski definition) is 1. The number of rotatable bonds is 4. The smallest absolute Gasteiger partial charge is 0.316 e. The molecule has 0 aromatic heterocycles. The van der Waals surface area contributed by atoms with Crippen LogP contribution in [0.15, 0.2) is 0 Å². The highest BCUT2D eigenvalue weighted by molar-refractivity contribution is 5.96. The zero-order valence-corrected chi connectivity index (χ0v) is 8.57. The topological polar surface area (TPSA) is 57.6 Å². The maximum absolute atomic E-state index is 11.5. The summed E-state index contributed by atoms with van der Waals surface area (Å²) in [5.41, 5.74) is 0. The summed E-state index contributed by atoms with van der Waals surface area (Å²) < 4.78 is 0. The number of carbonyl (C=O) groups is 2. The second-order valence-corrected chi connectivity index (χ2v) is 3.34. The molecule has 0 rings (SSSR count). The van der Waals surface area contributed by atoms with Gasteiger partial charge in [0.25, 0.3) is 0 Å². The van der Waals surface area contributed by atoms with Crippen LogP contribution in [0.3, 0.4) is 0 Å². The molecule has 0 aromatic rings. The van der Waals surface area contributed by atoms with E-state index in [1.807, 2.05) is 13.8 Å². The number of aliphatic carboxylic acids is 1. The number of carbonyl (C=O) groups excluding carboxylic acids is 1. The Kier molecular flexibility index (Phi) is 4.45. The van der Waals surface area contributed by atoms with Crippen molar-refractivity contribution in [2.24, 2.45) is 5.92 Å². The van der Waals surface area contributed by atoms with E-state index in [-0.39, 0.29) is 11.9 Å². The van der Waals surface area contributed by atoms with Crippen molar-refractivity contribution in [3.05, 3.63) is 0 Å². The van der Waals surface area contributed by atoms with Crippen LogP contribution in [0, 0.1) is 5.92 Å². The Bertz CT molecular complexity index is 201. The highest BCUT2D eigenvalue weighted by Gasteiger charge is 2.27. The fourth-order valence-electron chi connectivity index (χ4n) is 0.955. The maximum atomic E-state index is 11.5. The predicted octanol–water partition coefficient (Wildman–Crippen LogP) is 0.964. The Labute approximate surface area is 78.5 Å². The number of nitrogens with zero attached hydrogens (tertiary/aromatic N) is 1. The quantitative estimate of drug-likeness (QED) is 0.667. The van der Waals surface area contributed by atoms with Gasteiger partial charge in [0.15, 0.2) is 0 Å². The lowest BCUT2D eigenvalue weighted by Gasteiger charge is -2.24. The number of carboxylic acid groups (broad SMARTS) is 1. The Hall–Kier alpha value is -1.06. The molecule has 1 unspecified atom stereocenters. The molecular weight excluding hydrogens is 170 g/mol. The molecule has 1 atom stereocenters. The van der Waals surface area contributed by atoms with Gasteiger partial charge in [0.05, 0.1) is 0 Å². The molecule has 76 valence electrons. The third-order valence-electron chi connectivity index (χ3n) is 2.13. The lowest BCUT2D eigenvalue weighted by Crippen LogP contribution is -2.40. The average molecular weight is 187 g/mol. The Morgan fingerprint density at radius 3 is 2.08 bits per heavy atom. The molecule has 0 aromatic carbocycles. The molecule has 0 heterocycles. The summed E-state index contributed by atoms with van der Waals surface area (Å²) >= 11 is 0. The van der Waals surface area contributed by atoms with Gasteiger partial charge in [0.2, 0.25) is 5.91 Å². The molecule has 0 aliphatic heterocycles. The first-order valence-corrected chi connectivity index (χ1v) is 4.41. The van der Waals surface area contributed by atoms with Crippen LogP contribution in [0.4, 0.5) is 0 Å². The first-order valence-electron chi connectivity index (χ1n) is 4.41. The van der Waals surface area contributed by atoms with Crippen LogP contribution in [0.5, 0.6) is 0 Å². The van der Waals surface area contributed by atoms with Gasteiger partial charge in [-0.1, -0.05) is 6.92 Å². The van der Waals surface area contributed by atoms with Crippen molar-refractivity contribution in [1.82, 2.24) is 4.90 Å². The van der Waals surface area contributed by atoms with Crippen LogP contribution < -0.4 is 0 Å². The Morgan fingerprint density at radius 1 is 1.38 bits per heavy atom. The SMILES string of the molecule is CCC(C(=O)O)C(=O)N(C)C(C)C. The molecule has 0 spiro atoms. The molecule has 13 heavy (non-hydrogen) atoms. The molecule has 0 bridgehead atoms. The van der Waals surface area contributed by atoms with Crippen molar-refractivity contribution >= 4 is 11.9 Å². The fourth-order valence-corrected chi connectivity index (χ4v) is 0.955. The normalized spacial score (nSPS) is 12.7. The molecule has 0 saturated carbocycles. The van der Waals surface area contributed by atoms with E-state index in [1.165, 1.54) is 4.90 Å². The fraction of sp³-hybridized carbons (Fsp3) is 0.778. The number of carboxylic acids is 1. The van der Waals surface area contributed by atoms with E-state index in [4.69, 9.17) is 5.11 Å². The molecule has 1 N–H and O–H groups in total. The summed E-state index contributed by atoms with van der Waals surface area (Å²) in [4.78, 5) is 23.6. The summed E-state index contributed by atoms with van der Waals surface area (Å²) in [6.07, 6.45) is 0.339. The highest BCUT2D eigenvalue weighted by Crippen LogP contribution is 2.09. The van der Waals surface area contributed by atoms with Gasteiger partial charge in [-0.15, -0.1) is 0 Å². The monoisotopic (exact) mass is 187 g/mol. The molecule has 0 fully saturated rings.